The Kier molecular flexibility index (Phi) is 2.35. The van der Waals surface area contributed by atoms with Gasteiger partial charge in [-0.2, -0.15) is 0 Å². The van der Waals surface area contributed by atoms with Crippen molar-refractivity contribution in [3.63, 3.8) is 0 Å². The van der Waals surface area contributed by atoms with Crippen molar-refractivity contribution in [2.24, 2.45) is 0 Å². The molecule has 1 aliphatic heterocycles. The van der Waals surface area contributed by atoms with Crippen LogP contribution in [0, 0.1) is 0 Å². The topological polar surface area (TPSA) is 12.5 Å². The lowest BCUT2D eigenvalue weighted by Crippen LogP contribution is -2.36. The minimum Gasteiger partial charge on any atom is -0.378 e. The lowest BCUT2D eigenvalue weighted by molar-refractivity contribution is 0.123. The molecule has 1 fully saturated rings. The SMILES string of the molecule is c1cc(N2CCOCC2)c2sccc2c1. The van der Waals surface area contributed by atoms with Crippen LogP contribution in [0.5, 0.6) is 0 Å². The van der Waals surface area contributed by atoms with Crippen LogP contribution < -0.4 is 4.90 Å². The van der Waals surface area contributed by atoms with Crippen LogP contribution in [0.4, 0.5) is 5.69 Å². The van der Waals surface area contributed by atoms with Crippen molar-refractivity contribution < 1.29 is 4.74 Å². The van der Waals surface area contributed by atoms with Gasteiger partial charge < -0.3 is 9.64 Å². The highest BCUT2D eigenvalue weighted by Gasteiger charge is 2.13. The first kappa shape index (κ1) is 9.19. The van der Waals surface area contributed by atoms with Gasteiger partial charge in [0, 0.05) is 13.1 Å². The number of benzene rings is 1. The number of hydrogen-bond donors (Lipinski definition) is 0. The molecule has 0 saturated carbocycles. The Morgan fingerprint density at radius 1 is 1.13 bits per heavy atom. The zero-order valence-corrected chi connectivity index (χ0v) is 9.30. The average molecular weight is 219 g/mol. The molecule has 0 atom stereocenters. The summed E-state index contributed by atoms with van der Waals surface area (Å²) in [5.74, 6) is 0. The van der Waals surface area contributed by atoms with Crippen molar-refractivity contribution in [3.05, 3.63) is 29.6 Å². The Morgan fingerprint density at radius 3 is 2.87 bits per heavy atom. The Morgan fingerprint density at radius 2 is 2.00 bits per heavy atom. The lowest BCUT2D eigenvalue weighted by atomic mass is 10.2. The van der Waals surface area contributed by atoms with E-state index in [1.54, 1.807) is 0 Å². The zero-order chi connectivity index (χ0) is 10.1. The third-order valence-electron chi connectivity index (χ3n) is 2.81. The summed E-state index contributed by atoms with van der Waals surface area (Å²) in [6, 6.07) is 8.71. The molecule has 0 bridgehead atoms. The number of thiophene rings is 1. The van der Waals surface area contributed by atoms with E-state index in [1.807, 2.05) is 11.3 Å². The molecule has 2 nitrogen and oxygen atoms in total. The summed E-state index contributed by atoms with van der Waals surface area (Å²) in [6.45, 7) is 3.72. The van der Waals surface area contributed by atoms with Crippen LogP contribution in [0.2, 0.25) is 0 Å². The molecule has 0 N–H and O–H groups in total. The highest BCUT2D eigenvalue weighted by molar-refractivity contribution is 7.17. The predicted molar refractivity (Wildman–Crippen MR) is 64.9 cm³/mol. The van der Waals surface area contributed by atoms with Gasteiger partial charge in [0.05, 0.1) is 23.6 Å². The van der Waals surface area contributed by atoms with E-state index in [9.17, 15) is 0 Å². The van der Waals surface area contributed by atoms with E-state index in [0.717, 1.165) is 26.3 Å². The predicted octanol–water partition coefficient (Wildman–Crippen LogP) is 2.74. The monoisotopic (exact) mass is 219 g/mol. The summed E-state index contributed by atoms with van der Waals surface area (Å²) in [7, 11) is 0. The Balaban J connectivity index is 2.05. The summed E-state index contributed by atoms with van der Waals surface area (Å²) in [6.07, 6.45) is 0. The lowest BCUT2D eigenvalue weighted by Gasteiger charge is -2.29. The highest BCUT2D eigenvalue weighted by Crippen LogP contribution is 2.31. The van der Waals surface area contributed by atoms with Gasteiger partial charge in [-0.3, -0.25) is 0 Å². The van der Waals surface area contributed by atoms with E-state index in [-0.39, 0.29) is 0 Å². The molecule has 3 rings (SSSR count). The maximum Gasteiger partial charge on any atom is 0.0642 e. The summed E-state index contributed by atoms with van der Waals surface area (Å²) in [5.41, 5.74) is 1.37. The molecular weight excluding hydrogens is 206 g/mol. The number of anilines is 1. The largest absolute Gasteiger partial charge is 0.378 e. The van der Waals surface area contributed by atoms with Crippen LogP contribution >= 0.6 is 11.3 Å². The van der Waals surface area contributed by atoms with Crippen LogP contribution in [-0.4, -0.2) is 26.3 Å². The van der Waals surface area contributed by atoms with Gasteiger partial charge in [0.15, 0.2) is 0 Å². The molecule has 78 valence electrons. The van der Waals surface area contributed by atoms with Gasteiger partial charge in [0.25, 0.3) is 0 Å². The van der Waals surface area contributed by atoms with Gasteiger partial charge in [-0.1, -0.05) is 12.1 Å². The molecule has 1 aliphatic rings. The molecule has 1 aromatic carbocycles. The second-order valence-electron chi connectivity index (χ2n) is 3.72. The van der Waals surface area contributed by atoms with E-state index < -0.39 is 0 Å². The van der Waals surface area contributed by atoms with Crippen LogP contribution in [-0.2, 0) is 4.74 Å². The maximum absolute atomic E-state index is 5.38. The summed E-state index contributed by atoms with van der Waals surface area (Å²) < 4.78 is 6.78. The van der Waals surface area contributed by atoms with Crippen LogP contribution in [0.1, 0.15) is 0 Å². The van der Waals surface area contributed by atoms with Crippen LogP contribution in [0.25, 0.3) is 10.1 Å². The molecule has 1 aromatic heterocycles. The van der Waals surface area contributed by atoms with Crippen molar-refractivity contribution in [3.8, 4) is 0 Å². The minimum absolute atomic E-state index is 0.849. The Bertz CT molecular complexity index is 459. The first-order chi connectivity index (χ1) is 7.45. The second kappa shape index (κ2) is 3.83. The fourth-order valence-corrected chi connectivity index (χ4v) is 2.97. The molecule has 0 aliphatic carbocycles. The molecule has 2 heterocycles. The number of nitrogens with zero attached hydrogens (tertiary/aromatic N) is 1. The third kappa shape index (κ3) is 1.62. The third-order valence-corrected chi connectivity index (χ3v) is 3.76. The highest BCUT2D eigenvalue weighted by atomic mass is 32.1. The Hall–Kier alpha value is -1.06. The van der Waals surface area contributed by atoms with E-state index in [2.05, 4.69) is 34.5 Å². The fourth-order valence-electron chi connectivity index (χ4n) is 2.03. The molecule has 2 aromatic rings. The molecule has 0 radical (unpaired) electrons. The van der Waals surface area contributed by atoms with E-state index in [1.165, 1.54) is 15.8 Å². The van der Waals surface area contributed by atoms with E-state index in [0.29, 0.717) is 0 Å². The van der Waals surface area contributed by atoms with Crippen LogP contribution in [0.3, 0.4) is 0 Å². The number of ether oxygens (including phenoxy) is 1. The van der Waals surface area contributed by atoms with Crippen molar-refractivity contribution in [2.45, 2.75) is 0 Å². The quantitative estimate of drug-likeness (QED) is 0.731. The zero-order valence-electron chi connectivity index (χ0n) is 8.48. The number of hydrogen-bond acceptors (Lipinski definition) is 3. The molecular formula is C12H13NOS. The van der Waals surface area contributed by atoms with Gasteiger partial charge in [0.2, 0.25) is 0 Å². The van der Waals surface area contributed by atoms with Crippen molar-refractivity contribution in [2.75, 3.05) is 31.2 Å². The van der Waals surface area contributed by atoms with Gasteiger partial charge in [-0.15, -0.1) is 11.3 Å². The summed E-state index contributed by atoms with van der Waals surface area (Å²) in [4.78, 5) is 2.42. The fraction of sp³-hybridized carbons (Fsp3) is 0.333. The van der Waals surface area contributed by atoms with Gasteiger partial charge in [-0.05, 0) is 22.9 Å². The molecule has 0 spiro atoms. The van der Waals surface area contributed by atoms with Crippen molar-refractivity contribution in [1.82, 2.24) is 0 Å². The smallest absolute Gasteiger partial charge is 0.0642 e. The summed E-state index contributed by atoms with van der Waals surface area (Å²) >= 11 is 1.83. The van der Waals surface area contributed by atoms with Gasteiger partial charge in [-0.25, -0.2) is 0 Å². The van der Waals surface area contributed by atoms with Crippen molar-refractivity contribution in [1.29, 1.82) is 0 Å². The molecule has 1 saturated heterocycles. The van der Waals surface area contributed by atoms with Gasteiger partial charge in [0.1, 0.15) is 0 Å². The molecule has 0 amide bonds. The maximum atomic E-state index is 5.38. The molecule has 3 heteroatoms. The van der Waals surface area contributed by atoms with Crippen molar-refractivity contribution >= 4 is 27.1 Å². The standard InChI is InChI=1S/C12H13NOS/c1-2-10-4-9-15-12(10)11(3-1)13-5-7-14-8-6-13/h1-4,9H,5-8H2. The molecule has 0 unspecified atom stereocenters. The normalized spacial score (nSPS) is 17.2. The molecule has 15 heavy (non-hydrogen) atoms. The van der Waals surface area contributed by atoms with Gasteiger partial charge >= 0.3 is 0 Å². The number of rotatable bonds is 1. The average Bonchev–Trinajstić information content (AvgIpc) is 2.78. The van der Waals surface area contributed by atoms with Crippen LogP contribution in [0.15, 0.2) is 29.6 Å². The first-order valence-electron chi connectivity index (χ1n) is 5.24. The first-order valence-corrected chi connectivity index (χ1v) is 6.12. The summed E-state index contributed by atoms with van der Waals surface area (Å²) in [5, 5.41) is 3.51. The minimum atomic E-state index is 0.849. The van der Waals surface area contributed by atoms with E-state index in [4.69, 9.17) is 4.74 Å². The number of fused-ring (bicyclic) bond motifs is 1. The van der Waals surface area contributed by atoms with E-state index >= 15 is 0 Å². The number of morpholine rings is 1. The second-order valence-corrected chi connectivity index (χ2v) is 4.63. The Labute approximate surface area is 93.1 Å².